The van der Waals surface area contributed by atoms with Crippen LogP contribution in [-0.4, -0.2) is 47.2 Å². The Balaban J connectivity index is 1.40. The maximum atomic E-state index is 13.3. The van der Waals surface area contributed by atoms with Crippen LogP contribution in [0.15, 0.2) is 66.7 Å². The molecule has 0 spiro atoms. The molecule has 3 aromatic rings. The molecule has 0 aliphatic carbocycles. The number of nitrogens with zero attached hydrogens (tertiary/aromatic N) is 4. The molecule has 136 valence electrons. The highest BCUT2D eigenvalue weighted by Gasteiger charge is 2.23. The van der Waals surface area contributed by atoms with Crippen molar-refractivity contribution >= 4 is 11.7 Å². The van der Waals surface area contributed by atoms with Gasteiger partial charge in [0.25, 0.3) is 5.91 Å². The first-order chi connectivity index (χ1) is 13.2. The summed E-state index contributed by atoms with van der Waals surface area (Å²) < 4.78 is 13.3. The first kappa shape index (κ1) is 17.1. The van der Waals surface area contributed by atoms with Gasteiger partial charge in [0.05, 0.1) is 5.69 Å². The minimum Gasteiger partial charge on any atom is -0.352 e. The van der Waals surface area contributed by atoms with Crippen molar-refractivity contribution in [2.45, 2.75) is 0 Å². The van der Waals surface area contributed by atoms with E-state index >= 15 is 0 Å². The maximum Gasteiger partial charge on any atom is 0.254 e. The Morgan fingerprint density at radius 2 is 1.63 bits per heavy atom. The minimum absolute atomic E-state index is 0.139. The first-order valence-electron chi connectivity index (χ1n) is 8.90. The van der Waals surface area contributed by atoms with Crippen molar-refractivity contribution < 1.29 is 9.18 Å². The van der Waals surface area contributed by atoms with Crippen molar-refractivity contribution in [1.82, 2.24) is 15.1 Å². The Morgan fingerprint density at radius 1 is 0.852 bits per heavy atom. The van der Waals surface area contributed by atoms with E-state index < -0.39 is 5.82 Å². The van der Waals surface area contributed by atoms with E-state index in [9.17, 15) is 9.18 Å². The second kappa shape index (κ2) is 7.53. The summed E-state index contributed by atoms with van der Waals surface area (Å²) in [7, 11) is 0. The normalized spacial score (nSPS) is 14.3. The van der Waals surface area contributed by atoms with E-state index in [0.717, 1.165) is 17.1 Å². The molecule has 0 unspecified atom stereocenters. The quantitative estimate of drug-likeness (QED) is 0.718. The fraction of sp³-hybridized carbons (Fsp3) is 0.190. The predicted octanol–water partition coefficient (Wildman–Crippen LogP) is 3.25. The molecule has 4 rings (SSSR count). The summed E-state index contributed by atoms with van der Waals surface area (Å²) in [5, 5.41) is 8.66. The van der Waals surface area contributed by atoms with Gasteiger partial charge in [0.15, 0.2) is 5.82 Å². The summed E-state index contributed by atoms with van der Waals surface area (Å²) in [6.45, 7) is 2.47. The van der Waals surface area contributed by atoms with Crippen LogP contribution in [0.1, 0.15) is 10.4 Å². The van der Waals surface area contributed by atoms with E-state index in [4.69, 9.17) is 0 Å². The summed E-state index contributed by atoms with van der Waals surface area (Å²) >= 11 is 0. The molecule has 27 heavy (non-hydrogen) atoms. The molecule has 0 atom stereocenters. The van der Waals surface area contributed by atoms with E-state index in [1.807, 2.05) is 42.5 Å². The van der Waals surface area contributed by atoms with Gasteiger partial charge in [0.1, 0.15) is 5.82 Å². The molecule has 6 heteroatoms. The van der Waals surface area contributed by atoms with Crippen LogP contribution in [0.2, 0.25) is 0 Å². The minimum atomic E-state index is -0.395. The van der Waals surface area contributed by atoms with Crippen LogP contribution in [-0.2, 0) is 0 Å². The standard InChI is InChI=1S/C21H19FN4O/c22-18-8-4-7-17(15-18)21(27)26-13-11-25(12-14-26)20-10-9-19(23-24-20)16-5-2-1-3-6-16/h1-10,15H,11-14H2. The molecule has 1 saturated heterocycles. The van der Waals surface area contributed by atoms with Crippen LogP contribution in [0.5, 0.6) is 0 Å². The summed E-state index contributed by atoms with van der Waals surface area (Å²) in [6.07, 6.45) is 0. The first-order valence-corrected chi connectivity index (χ1v) is 8.90. The molecule has 0 radical (unpaired) electrons. The summed E-state index contributed by atoms with van der Waals surface area (Å²) in [5.74, 6) is 0.264. The van der Waals surface area contributed by atoms with Gasteiger partial charge in [-0.2, -0.15) is 0 Å². The van der Waals surface area contributed by atoms with Gasteiger partial charge >= 0.3 is 0 Å². The maximum absolute atomic E-state index is 13.3. The van der Waals surface area contributed by atoms with E-state index in [1.165, 1.54) is 12.1 Å². The van der Waals surface area contributed by atoms with Crippen molar-refractivity contribution in [2.75, 3.05) is 31.1 Å². The number of rotatable bonds is 3. The largest absolute Gasteiger partial charge is 0.352 e. The molecule has 1 aliphatic rings. The number of hydrogen-bond acceptors (Lipinski definition) is 4. The van der Waals surface area contributed by atoms with Crippen LogP contribution in [0.25, 0.3) is 11.3 Å². The highest BCUT2D eigenvalue weighted by atomic mass is 19.1. The Labute approximate surface area is 157 Å². The Kier molecular flexibility index (Phi) is 4.78. The summed E-state index contributed by atoms with van der Waals surface area (Å²) in [4.78, 5) is 16.4. The lowest BCUT2D eigenvalue weighted by Gasteiger charge is -2.35. The zero-order chi connectivity index (χ0) is 18.6. The average molecular weight is 362 g/mol. The van der Waals surface area contributed by atoms with E-state index in [2.05, 4.69) is 15.1 Å². The highest BCUT2D eigenvalue weighted by molar-refractivity contribution is 5.94. The second-order valence-corrected chi connectivity index (χ2v) is 6.43. The molecule has 1 fully saturated rings. The molecule has 1 amide bonds. The van der Waals surface area contributed by atoms with Crippen LogP contribution >= 0.6 is 0 Å². The fourth-order valence-corrected chi connectivity index (χ4v) is 3.20. The number of hydrogen-bond donors (Lipinski definition) is 0. The Morgan fingerprint density at radius 3 is 2.30 bits per heavy atom. The number of anilines is 1. The summed E-state index contributed by atoms with van der Waals surface area (Å²) in [5.41, 5.74) is 2.25. The molecule has 1 aromatic heterocycles. The molecule has 0 saturated carbocycles. The zero-order valence-electron chi connectivity index (χ0n) is 14.8. The van der Waals surface area contributed by atoms with Crippen molar-refractivity contribution in [3.63, 3.8) is 0 Å². The number of amides is 1. The topological polar surface area (TPSA) is 49.3 Å². The molecule has 2 aromatic carbocycles. The molecule has 0 N–H and O–H groups in total. The van der Waals surface area contributed by atoms with Crippen LogP contribution < -0.4 is 4.90 Å². The molecular formula is C21H19FN4O. The van der Waals surface area contributed by atoms with E-state index in [1.54, 1.807) is 17.0 Å². The van der Waals surface area contributed by atoms with Gasteiger partial charge in [0, 0.05) is 37.3 Å². The van der Waals surface area contributed by atoms with Crippen molar-refractivity contribution in [1.29, 1.82) is 0 Å². The van der Waals surface area contributed by atoms with Gasteiger partial charge in [-0.05, 0) is 30.3 Å². The SMILES string of the molecule is O=C(c1cccc(F)c1)N1CCN(c2ccc(-c3ccccc3)nn2)CC1. The predicted molar refractivity (Wildman–Crippen MR) is 102 cm³/mol. The van der Waals surface area contributed by atoms with E-state index in [0.29, 0.717) is 31.7 Å². The van der Waals surface area contributed by atoms with Crippen LogP contribution in [0.3, 0.4) is 0 Å². The number of carbonyl (C=O) groups excluding carboxylic acids is 1. The molecule has 1 aliphatic heterocycles. The van der Waals surface area contributed by atoms with Gasteiger partial charge in [-0.15, -0.1) is 10.2 Å². The molecule has 2 heterocycles. The molecule has 0 bridgehead atoms. The number of aromatic nitrogens is 2. The van der Waals surface area contributed by atoms with Gasteiger partial charge in [-0.25, -0.2) is 4.39 Å². The third-order valence-corrected chi connectivity index (χ3v) is 4.68. The van der Waals surface area contributed by atoms with Gasteiger partial charge in [0.2, 0.25) is 0 Å². The fourth-order valence-electron chi connectivity index (χ4n) is 3.20. The lowest BCUT2D eigenvalue weighted by atomic mass is 10.1. The van der Waals surface area contributed by atoms with E-state index in [-0.39, 0.29) is 5.91 Å². The van der Waals surface area contributed by atoms with Crippen LogP contribution in [0, 0.1) is 5.82 Å². The van der Waals surface area contributed by atoms with Crippen molar-refractivity contribution in [2.24, 2.45) is 0 Å². The third-order valence-electron chi connectivity index (χ3n) is 4.68. The third kappa shape index (κ3) is 3.79. The monoisotopic (exact) mass is 362 g/mol. The lowest BCUT2D eigenvalue weighted by molar-refractivity contribution is 0.0746. The molecular weight excluding hydrogens is 343 g/mol. The second-order valence-electron chi connectivity index (χ2n) is 6.43. The smallest absolute Gasteiger partial charge is 0.254 e. The van der Waals surface area contributed by atoms with Gasteiger partial charge in [-0.3, -0.25) is 4.79 Å². The van der Waals surface area contributed by atoms with Gasteiger partial charge < -0.3 is 9.80 Å². The number of piperazine rings is 1. The number of halogens is 1. The van der Waals surface area contributed by atoms with Crippen molar-refractivity contribution in [3.05, 3.63) is 78.1 Å². The number of carbonyl (C=O) groups is 1. The van der Waals surface area contributed by atoms with Crippen LogP contribution in [0.4, 0.5) is 10.2 Å². The summed E-state index contributed by atoms with van der Waals surface area (Å²) in [6, 6.07) is 19.7. The Hall–Kier alpha value is -3.28. The number of benzene rings is 2. The van der Waals surface area contributed by atoms with Crippen molar-refractivity contribution in [3.8, 4) is 11.3 Å². The Bertz CT molecular complexity index is 922. The van der Waals surface area contributed by atoms with Gasteiger partial charge in [-0.1, -0.05) is 36.4 Å². The highest BCUT2D eigenvalue weighted by Crippen LogP contribution is 2.19. The lowest BCUT2D eigenvalue weighted by Crippen LogP contribution is -2.49. The average Bonchev–Trinajstić information content (AvgIpc) is 2.74. The zero-order valence-corrected chi connectivity index (χ0v) is 14.8. The molecule has 5 nitrogen and oxygen atoms in total.